The van der Waals surface area contributed by atoms with Crippen LogP contribution in [-0.2, 0) is 13.5 Å². The Balaban J connectivity index is 1.33. The van der Waals surface area contributed by atoms with Gasteiger partial charge in [0.1, 0.15) is 0 Å². The molecule has 0 bridgehead atoms. The van der Waals surface area contributed by atoms with Crippen LogP contribution in [0.4, 0.5) is 0 Å². The molecule has 1 aliphatic rings. The van der Waals surface area contributed by atoms with Gasteiger partial charge in [0, 0.05) is 48.5 Å². The highest BCUT2D eigenvalue weighted by molar-refractivity contribution is 5.97. The van der Waals surface area contributed by atoms with Crippen LogP contribution >= 0.6 is 0 Å². The number of carbonyl (C=O) groups excluding carboxylic acids is 1. The molecule has 1 fully saturated rings. The zero-order valence-electron chi connectivity index (χ0n) is 17.8. The summed E-state index contributed by atoms with van der Waals surface area (Å²) in [4.78, 5) is 24.2. The van der Waals surface area contributed by atoms with Crippen molar-refractivity contribution in [2.75, 3.05) is 20.1 Å². The van der Waals surface area contributed by atoms with E-state index in [1.807, 2.05) is 42.5 Å². The largest absolute Gasteiger partial charge is 0.306 e. The average Bonchev–Trinajstić information content (AvgIpc) is 3.43. The fourth-order valence-electron chi connectivity index (χ4n) is 4.10. The van der Waals surface area contributed by atoms with E-state index in [1.54, 1.807) is 23.3 Å². The van der Waals surface area contributed by atoms with E-state index in [-0.39, 0.29) is 12.2 Å². The Morgan fingerprint density at radius 2 is 1.77 bits per heavy atom. The second-order valence-electron chi connectivity index (χ2n) is 8.34. The molecule has 4 aromatic heterocycles. The number of aryl methyl sites for hydroxylation is 1. The van der Waals surface area contributed by atoms with E-state index in [2.05, 4.69) is 32.1 Å². The molecular formula is C23H25N7O. The molecule has 0 atom stereocenters. The second kappa shape index (κ2) is 8.03. The number of pyridine rings is 2. The van der Waals surface area contributed by atoms with Crippen LogP contribution in [-0.4, -0.2) is 60.3 Å². The van der Waals surface area contributed by atoms with E-state index in [9.17, 15) is 4.79 Å². The Hall–Kier alpha value is -3.39. The Kier molecular flexibility index (Phi) is 5.07. The number of likely N-dealkylation sites (tertiary alicyclic amines) is 1. The lowest BCUT2D eigenvalue weighted by molar-refractivity contribution is 0.0991. The monoisotopic (exact) mass is 415 g/mol. The summed E-state index contributed by atoms with van der Waals surface area (Å²) in [5, 5.41) is 10.6. The van der Waals surface area contributed by atoms with E-state index >= 15 is 0 Å². The summed E-state index contributed by atoms with van der Waals surface area (Å²) in [5.74, 6) is 0.0348. The molecule has 0 saturated carbocycles. The van der Waals surface area contributed by atoms with Gasteiger partial charge in [-0.25, -0.2) is 0 Å². The maximum atomic E-state index is 12.9. The number of piperidine rings is 1. The van der Waals surface area contributed by atoms with Crippen molar-refractivity contribution in [3.05, 3.63) is 60.6 Å². The predicted octanol–water partition coefficient (Wildman–Crippen LogP) is 2.92. The van der Waals surface area contributed by atoms with Gasteiger partial charge in [-0.05, 0) is 50.5 Å². The highest BCUT2D eigenvalue weighted by atomic mass is 16.1. The fraction of sp³-hybridized carbons (Fsp3) is 0.348. The van der Waals surface area contributed by atoms with Crippen molar-refractivity contribution in [1.29, 1.82) is 0 Å². The van der Waals surface area contributed by atoms with Crippen molar-refractivity contribution in [3.8, 4) is 11.3 Å². The molecule has 8 nitrogen and oxygen atoms in total. The first-order chi connectivity index (χ1) is 15.0. The number of nitrogens with zero attached hydrogens (tertiary/aromatic N) is 7. The highest BCUT2D eigenvalue weighted by Gasteiger charge is 2.20. The Morgan fingerprint density at radius 3 is 2.55 bits per heavy atom. The molecule has 0 aliphatic carbocycles. The van der Waals surface area contributed by atoms with Crippen LogP contribution in [0.25, 0.3) is 22.0 Å². The first-order valence-electron chi connectivity index (χ1n) is 10.5. The van der Waals surface area contributed by atoms with Crippen LogP contribution in [0, 0.1) is 0 Å². The lowest BCUT2D eigenvalue weighted by atomic mass is 10.1. The summed E-state index contributed by atoms with van der Waals surface area (Å²) in [6, 6.07) is 4.35. The van der Waals surface area contributed by atoms with E-state index in [0.717, 1.165) is 53.7 Å². The third kappa shape index (κ3) is 4.11. The molecule has 0 radical (unpaired) electrons. The van der Waals surface area contributed by atoms with Gasteiger partial charge >= 0.3 is 0 Å². The van der Waals surface area contributed by atoms with Crippen molar-refractivity contribution in [2.24, 2.45) is 7.05 Å². The third-order valence-corrected chi connectivity index (χ3v) is 5.99. The lowest BCUT2D eigenvalue weighted by Gasteiger charge is -2.28. The molecule has 5 heterocycles. The normalized spacial score (nSPS) is 15.5. The van der Waals surface area contributed by atoms with E-state index in [0.29, 0.717) is 11.6 Å². The molecule has 0 amide bonds. The molecule has 31 heavy (non-hydrogen) atoms. The van der Waals surface area contributed by atoms with Crippen molar-refractivity contribution in [3.63, 3.8) is 0 Å². The molecule has 158 valence electrons. The number of carbonyl (C=O) groups is 1. The standard InChI is InChI=1S/C23H25N7O/c1-28-5-3-21(4-6-28)30-15-19(13-27-30)23(31)9-20-7-16-8-22(18-12-26-29(2)14-18)25-11-17(16)10-24-20/h7-8,10-15,21H,3-6,9H2,1-2H3. The van der Waals surface area contributed by atoms with Crippen molar-refractivity contribution in [1.82, 2.24) is 34.4 Å². The van der Waals surface area contributed by atoms with Crippen LogP contribution in [0.5, 0.6) is 0 Å². The van der Waals surface area contributed by atoms with Crippen LogP contribution in [0.2, 0.25) is 0 Å². The lowest BCUT2D eigenvalue weighted by Crippen LogP contribution is -2.31. The van der Waals surface area contributed by atoms with Crippen LogP contribution in [0.1, 0.15) is 34.9 Å². The van der Waals surface area contributed by atoms with Gasteiger partial charge in [-0.1, -0.05) is 0 Å². The first-order valence-corrected chi connectivity index (χ1v) is 10.5. The van der Waals surface area contributed by atoms with Gasteiger partial charge in [0.15, 0.2) is 5.78 Å². The highest BCUT2D eigenvalue weighted by Crippen LogP contribution is 2.23. The van der Waals surface area contributed by atoms with Gasteiger partial charge in [-0.2, -0.15) is 10.2 Å². The Bertz CT molecular complexity index is 1230. The van der Waals surface area contributed by atoms with Crippen molar-refractivity contribution >= 4 is 16.6 Å². The van der Waals surface area contributed by atoms with Gasteiger partial charge in [0.05, 0.1) is 36.1 Å². The average molecular weight is 416 g/mol. The molecule has 1 aliphatic heterocycles. The molecule has 0 spiro atoms. The first kappa shape index (κ1) is 19.6. The minimum atomic E-state index is 0.0348. The Labute approximate surface area is 180 Å². The number of hydrogen-bond donors (Lipinski definition) is 0. The van der Waals surface area contributed by atoms with E-state index in [4.69, 9.17) is 0 Å². The van der Waals surface area contributed by atoms with Crippen LogP contribution in [0.15, 0.2) is 49.3 Å². The molecule has 1 saturated heterocycles. The topological polar surface area (TPSA) is 81.7 Å². The van der Waals surface area contributed by atoms with Gasteiger partial charge in [-0.15, -0.1) is 0 Å². The minimum absolute atomic E-state index is 0.0348. The smallest absolute Gasteiger partial charge is 0.171 e. The molecular weight excluding hydrogens is 390 g/mol. The second-order valence-corrected chi connectivity index (χ2v) is 8.34. The third-order valence-electron chi connectivity index (χ3n) is 5.99. The Morgan fingerprint density at radius 1 is 0.968 bits per heavy atom. The quantitative estimate of drug-likeness (QED) is 0.466. The number of rotatable bonds is 5. The minimum Gasteiger partial charge on any atom is -0.306 e. The van der Waals surface area contributed by atoms with Gasteiger partial charge in [0.25, 0.3) is 0 Å². The van der Waals surface area contributed by atoms with Crippen molar-refractivity contribution < 1.29 is 4.79 Å². The number of hydrogen-bond acceptors (Lipinski definition) is 6. The maximum Gasteiger partial charge on any atom is 0.171 e. The summed E-state index contributed by atoms with van der Waals surface area (Å²) in [6.45, 7) is 2.12. The maximum absolute atomic E-state index is 12.9. The summed E-state index contributed by atoms with van der Waals surface area (Å²) < 4.78 is 3.71. The van der Waals surface area contributed by atoms with Crippen molar-refractivity contribution in [2.45, 2.75) is 25.3 Å². The summed E-state index contributed by atoms with van der Waals surface area (Å²) in [7, 11) is 4.02. The molecule has 4 aromatic rings. The molecule has 0 N–H and O–H groups in total. The SMILES string of the molecule is CN1CCC(n2cc(C(=O)Cc3cc4cc(-c5cnn(C)c5)ncc4cn3)cn2)CC1. The predicted molar refractivity (Wildman–Crippen MR) is 118 cm³/mol. The molecule has 8 heteroatoms. The summed E-state index contributed by atoms with van der Waals surface area (Å²) in [6.07, 6.45) is 13.3. The number of ketones is 1. The molecule has 5 rings (SSSR count). The summed E-state index contributed by atoms with van der Waals surface area (Å²) in [5.41, 5.74) is 3.20. The van der Waals surface area contributed by atoms with Gasteiger partial charge in [0.2, 0.25) is 0 Å². The van der Waals surface area contributed by atoms with Gasteiger partial charge in [-0.3, -0.25) is 24.1 Å². The van der Waals surface area contributed by atoms with Crippen LogP contribution in [0.3, 0.4) is 0 Å². The van der Waals surface area contributed by atoms with E-state index < -0.39 is 0 Å². The van der Waals surface area contributed by atoms with Gasteiger partial charge < -0.3 is 4.90 Å². The number of aromatic nitrogens is 6. The molecule has 0 unspecified atom stereocenters. The zero-order chi connectivity index (χ0) is 21.4. The number of Topliss-reactive ketones (excluding diaryl/α,β-unsaturated/α-hetero) is 1. The van der Waals surface area contributed by atoms with E-state index in [1.165, 1.54) is 0 Å². The summed E-state index contributed by atoms with van der Waals surface area (Å²) >= 11 is 0. The molecule has 0 aromatic carbocycles. The van der Waals surface area contributed by atoms with Crippen LogP contribution < -0.4 is 0 Å². The fourth-order valence-corrected chi connectivity index (χ4v) is 4.10. The zero-order valence-corrected chi connectivity index (χ0v) is 17.8. The number of fused-ring (bicyclic) bond motifs is 1.